The number of hydrogen-bond donors (Lipinski definition) is 1. The molecule has 1 fully saturated rings. The number of ether oxygens (including phenoxy) is 1. The quantitative estimate of drug-likeness (QED) is 0.929. The molecule has 0 aromatic heterocycles. The first-order valence-electron chi connectivity index (χ1n) is 6.78. The highest BCUT2D eigenvalue weighted by atomic mass is 35.5. The highest BCUT2D eigenvalue weighted by Gasteiger charge is 2.34. The van der Waals surface area contributed by atoms with Gasteiger partial charge in [-0.1, -0.05) is 24.4 Å². The van der Waals surface area contributed by atoms with Gasteiger partial charge in [0, 0.05) is 12.7 Å². The molecule has 5 heteroatoms. The van der Waals surface area contributed by atoms with Gasteiger partial charge in [-0.15, -0.1) is 0 Å². The normalized spacial score (nSPS) is 17.0. The molecule has 1 amide bonds. The van der Waals surface area contributed by atoms with Gasteiger partial charge in [0.15, 0.2) is 0 Å². The van der Waals surface area contributed by atoms with E-state index in [9.17, 15) is 9.90 Å². The Balaban J connectivity index is 2.08. The molecule has 0 saturated heterocycles. The van der Waals surface area contributed by atoms with Crippen LogP contribution in [0, 0.1) is 0 Å². The molecule has 1 aromatic carbocycles. The Kier molecular flexibility index (Phi) is 4.55. The van der Waals surface area contributed by atoms with E-state index in [1.54, 1.807) is 32.4 Å². The van der Waals surface area contributed by atoms with Gasteiger partial charge in [-0.05, 0) is 31.0 Å². The van der Waals surface area contributed by atoms with E-state index in [0.29, 0.717) is 29.3 Å². The SMILES string of the molecule is COc1ccc(N(C)C(=O)CC2(O)CCCC2)cc1Cl. The minimum absolute atomic E-state index is 0.101. The van der Waals surface area contributed by atoms with Crippen molar-refractivity contribution in [3.8, 4) is 5.75 Å². The van der Waals surface area contributed by atoms with Crippen molar-refractivity contribution in [2.75, 3.05) is 19.1 Å². The van der Waals surface area contributed by atoms with Gasteiger partial charge < -0.3 is 14.7 Å². The van der Waals surface area contributed by atoms with Crippen LogP contribution in [0.3, 0.4) is 0 Å². The van der Waals surface area contributed by atoms with Gasteiger partial charge in [0.25, 0.3) is 0 Å². The molecular formula is C15H20ClNO3. The van der Waals surface area contributed by atoms with E-state index in [2.05, 4.69) is 0 Å². The lowest BCUT2D eigenvalue weighted by Crippen LogP contribution is -2.35. The van der Waals surface area contributed by atoms with Crippen molar-refractivity contribution in [3.63, 3.8) is 0 Å². The molecule has 2 rings (SSSR count). The first-order valence-corrected chi connectivity index (χ1v) is 7.15. The van der Waals surface area contributed by atoms with E-state index >= 15 is 0 Å². The standard InChI is InChI=1S/C15H20ClNO3/c1-17(11-5-6-13(20-2)12(16)9-11)14(18)10-15(19)7-3-4-8-15/h5-6,9,19H,3-4,7-8,10H2,1-2H3. The van der Waals surface area contributed by atoms with Gasteiger partial charge in [-0.25, -0.2) is 0 Å². The van der Waals surface area contributed by atoms with Crippen molar-refractivity contribution in [1.29, 1.82) is 0 Å². The van der Waals surface area contributed by atoms with Crippen LogP contribution in [0.25, 0.3) is 0 Å². The van der Waals surface area contributed by atoms with Crippen LogP contribution >= 0.6 is 11.6 Å². The van der Waals surface area contributed by atoms with Gasteiger partial charge in [-0.2, -0.15) is 0 Å². The number of methoxy groups -OCH3 is 1. The summed E-state index contributed by atoms with van der Waals surface area (Å²) in [7, 11) is 3.24. The molecular weight excluding hydrogens is 278 g/mol. The lowest BCUT2D eigenvalue weighted by molar-refractivity contribution is -0.123. The first kappa shape index (κ1) is 15.1. The smallest absolute Gasteiger partial charge is 0.229 e. The Labute approximate surface area is 124 Å². The summed E-state index contributed by atoms with van der Waals surface area (Å²) < 4.78 is 5.09. The van der Waals surface area contributed by atoms with Crippen LogP contribution in [-0.4, -0.2) is 30.8 Å². The Morgan fingerprint density at radius 2 is 2.10 bits per heavy atom. The van der Waals surface area contributed by atoms with Gasteiger partial charge in [0.05, 0.1) is 24.2 Å². The lowest BCUT2D eigenvalue weighted by Gasteiger charge is -2.25. The van der Waals surface area contributed by atoms with Crippen LogP contribution in [0.4, 0.5) is 5.69 Å². The molecule has 20 heavy (non-hydrogen) atoms. The average Bonchev–Trinajstić information content (AvgIpc) is 2.84. The van der Waals surface area contributed by atoms with Crippen molar-refractivity contribution >= 4 is 23.2 Å². The summed E-state index contributed by atoms with van der Waals surface area (Å²) in [5, 5.41) is 10.8. The molecule has 1 aliphatic carbocycles. The van der Waals surface area contributed by atoms with Gasteiger partial charge in [-0.3, -0.25) is 4.79 Å². The molecule has 0 atom stereocenters. The minimum Gasteiger partial charge on any atom is -0.495 e. The van der Waals surface area contributed by atoms with E-state index < -0.39 is 5.60 Å². The third kappa shape index (κ3) is 3.25. The molecule has 1 aliphatic rings. The summed E-state index contributed by atoms with van der Waals surface area (Å²) in [5.74, 6) is 0.473. The molecule has 0 unspecified atom stereocenters. The fourth-order valence-corrected chi connectivity index (χ4v) is 2.87. The summed E-state index contributed by atoms with van der Waals surface area (Å²) in [6.45, 7) is 0. The molecule has 110 valence electrons. The number of benzene rings is 1. The van der Waals surface area contributed by atoms with Gasteiger partial charge in [0.1, 0.15) is 5.75 Å². The fraction of sp³-hybridized carbons (Fsp3) is 0.533. The third-order valence-electron chi connectivity index (χ3n) is 3.91. The van der Waals surface area contributed by atoms with E-state index in [1.165, 1.54) is 4.90 Å². The van der Waals surface area contributed by atoms with E-state index in [4.69, 9.17) is 16.3 Å². The first-order chi connectivity index (χ1) is 9.45. The Bertz CT molecular complexity index is 498. The van der Waals surface area contributed by atoms with Crippen LogP contribution in [0.5, 0.6) is 5.75 Å². The zero-order valence-electron chi connectivity index (χ0n) is 11.9. The van der Waals surface area contributed by atoms with E-state index in [1.807, 2.05) is 0 Å². The summed E-state index contributed by atoms with van der Waals surface area (Å²) >= 11 is 6.06. The summed E-state index contributed by atoms with van der Waals surface area (Å²) in [6, 6.07) is 5.20. The van der Waals surface area contributed by atoms with Crippen LogP contribution in [0.2, 0.25) is 5.02 Å². The number of halogens is 1. The lowest BCUT2D eigenvalue weighted by atomic mass is 9.97. The Morgan fingerprint density at radius 1 is 1.45 bits per heavy atom. The molecule has 0 bridgehead atoms. The maximum absolute atomic E-state index is 12.3. The van der Waals surface area contributed by atoms with Crippen molar-refractivity contribution in [2.24, 2.45) is 0 Å². The molecule has 0 radical (unpaired) electrons. The molecule has 1 N–H and O–H groups in total. The highest BCUT2D eigenvalue weighted by molar-refractivity contribution is 6.32. The molecule has 4 nitrogen and oxygen atoms in total. The van der Waals surface area contributed by atoms with Crippen molar-refractivity contribution in [2.45, 2.75) is 37.7 Å². The molecule has 1 aromatic rings. The number of carbonyl (C=O) groups excluding carboxylic acids is 1. The zero-order valence-corrected chi connectivity index (χ0v) is 12.6. The number of amides is 1. The second-order valence-electron chi connectivity index (χ2n) is 5.38. The summed E-state index contributed by atoms with van der Waals surface area (Å²) in [5.41, 5.74) is -0.135. The van der Waals surface area contributed by atoms with E-state index in [0.717, 1.165) is 12.8 Å². The predicted molar refractivity (Wildman–Crippen MR) is 79.4 cm³/mol. The molecule has 0 spiro atoms. The summed E-state index contributed by atoms with van der Waals surface area (Å²) in [4.78, 5) is 13.8. The van der Waals surface area contributed by atoms with Gasteiger partial charge >= 0.3 is 0 Å². The van der Waals surface area contributed by atoms with E-state index in [-0.39, 0.29) is 12.3 Å². The third-order valence-corrected chi connectivity index (χ3v) is 4.21. The van der Waals surface area contributed by atoms with Crippen molar-refractivity contribution in [1.82, 2.24) is 0 Å². The number of nitrogens with zero attached hydrogens (tertiary/aromatic N) is 1. The second kappa shape index (κ2) is 6.02. The maximum atomic E-state index is 12.3. The zero-order chi connectivity index (χ0) is 14.8. The topological polar surface area (TPSA) is 49.8 Å². The van der Waals surface area contributed by atoms with Crippen LogP contribution in [-0.2, 0) is 4.79 Å². The number of hydrogen-bond acceptors (Lipinski definition) is 3. The highest BCUT2D eigenvalue weighted by Crippen LogP contribution is 2.34. The Morgan fingerprint density at radius 3 is 2.65 bits per heavy atom. The second-order valence-corrected chi connectivity index (χ2v) is 5.79. The minimum atomic E-state index is -0.832. The van der Waals surface area contributed by atoms with Gasteiger partial charge in [0.2, 0.25) is 5.91 Å². The molecule has 0 aliphatic heterocycles. The van der Waals surface area contributed by atoms with Crippen LogP contribution < -0.4 is 9.64 Å². The van der Waals surface area contributed by atoms with Crippen LogP contribution in [0.1, 0.15) is 32.1 Å². The molecule has 1 saturated carbocycles. The maximum Gasteiger partial charge on any atom is 0.229 e. The number of carbonyl (C=O) groups is 1. The largest absolute Gasteiger partial charge is 0.495 e. The average molecular weight is 298 g/mol. The van der Waals surface area contributed by atoms with Crippen molar-refractivity contribution < 1.29 is 14.6 Å². The van der Waals surface area contributed by atoms with Crippen molar-refractivity contribution in [3.05, 3.63) is 23.2 Å². The summed E-state index contributed by atoms with van der Waals surface area (Å²) in [6.07, 6.45) is 3.54. The predicted octanol–water partition coefficient (Wildman–Crippen LogP) is 3.01. The number of anilines is 1. The number of aliphatic hydroxyl groups is 1. The number of rotatable bonds is 4. The fourth-order valence-electron chi connectivity index (χ4n) is 2.62. The molecule has 0 heterocycles. The Hall–Kier alpha value is -1.26. The monoisotopic (exact) mass is 297 g/mol. The van der Waals surface area contributed by atoms with Crippen LogP contribution in [0.15, 0.2) is 18.2 Å².